The Labute approximate surface area is 149 Å². The summed E-state index contributed by atoms with van der Waals surface area (Å²) in [7, 11) is 2.15. The van der Waals surface area contributed by atoms with Crippen LogP contribution < -0.4 is 4.90 Å². The molecule has 2 aliphatic rings. The number of hydrogen-bond donors (Lipinski definition) is 0. The number of nitrogens with zero attached hydrogens (tertiary/aromatic N) is 2. The number of hydrogen-bond acceptors (Lipinski definition) is 2. The normalized spacial score (nSPS) is 18.1. The zero-order valence-electron chi connectivity index (χ0n) is 15.0. The number of anilines is 1. The van der Waals surface area contributed by atoms with Gasteiger partial charge in [-0.15, -0.1) is 0 Å². The molecule has 1 atom stereocenters. The fourth-order valence-corrected chi connectivity index (χ4v) is 4.48. The van der Waals surface area contributed by atoms with Crippen molar-refractivity contribution in [2.45, 2.75) is 26.4 Å². The van der Waals surface area contributed by atoms with Crippen LogP contribution in [0.1, 0.15) is 23.6 Å². The van der Waals surface area contributed by atoms with E-state index in [4.69, 9.17) is 0 Å². The van der Waals surface area contributed by atoms with Gasteiger partial charge in [-0.3, -0.25) is 0 Å². The van der Waals surface area contributed by atoms with Crippen LogP contribution >= 0.6 is 0 Å². The predicted molar refractivity (Wildman–Crippen MR) is 106 cm³/mol. The molecule has 0 saturated heterocycles. The largest absolute Gasteiger partial charge is 0.359 e. The van der Waals surface area contributed by atoms with E-state index in [0.717, 1.165) is 6.42 Å². The molecule has 0 fully saturated rings. The topological polar surface area (TPSA) is 6.48 Å². The van der Waals surface area contributed by atoms with Gasteiger partial charge in [0.2, 0.25) is 0 Å². The van der Waals surface area contributed by atoms with Crippen LogP contribution in [0, 0.1) is 6.92 Å². The Morgan fingerprint density at radius 2 is 1.64 bits per heavy atom. The predicted octanol–water partition coefficient (Wildman–Crippen LogP) is 5.29. The van der Waals surface area contributed by atoms with Crippen LogP contribution in [-0.2, 0) is 6.42 Å². The smallest absolute Gasteiger partial charge is 0.102 e. The van der Waals surface area contributed by atoms with Crippen molar-refractivity contribution in [3.05, 3.63) is 77.6 Å². The van der Waals surface area contributed by atoms with Crippen LogP contribution in [0.5, 0.6) is 0 Å². The van der Waals surface area contributed by atoms with Gasteiger partial charge < -0.3 is 9.80 Å². The molecule has 2 nitrogen and oxygen atoms in total. The molecular formula is C23H22N2. The third-order valence-corrected chi connectivity index (χ3v) is 5.91. The molecule has 0 radical (unpaired) electrons. The second-order valence-corrected chi connectivity index (χ2v) is 7.21. The maximum absolute atomic E-state index is 2.44. The van der Waals surface area contributed by atoms with Gasteiger partial charge in [0, 0.05) is 25.9 Å². The third-order valence-electron chi connectivity index (χ3n) is 5.91. The molecule has 1 aliphatic heterocycles. The quantitative estimate of drug-likeness (QED) is 0.469. The number of rotatable bonds is 1. The van der Waals surface area contributed by atoms with Crippen molar-refractivity contribution in [1.82, 2.24) is 4.90 Å². The second kappa shape index (κ2) is 5.13. The molecule has 0 unspecified atom stereocenters. The first-order chi connectivity index (χ1) is 12.2. The lowest BCUT2D eigenvalue weighted by molar-refractivity contribution is 0.382. The number of aryl methyl sites for hydroxylation is 1. The van der Waals surface area contributed by atoms with Crippen LogP contribution in [0.15, 0.2) is 60.9 Å². The zero-order chi connectivity index (χ0) is 17.1. The summed E-state index contributed by atoms with van der Waals surface area (Å²) in [5, 5.41) is 2.75. The Kier molecular flexibility index (Phi) is 2.99. The summed E-state index contributed by atoms with van der Waals surface area (Å²) in [5.41, 5.74) is 8.52. The fourth-order valence-electron chi connectivity index (χ4n) is 4.48. The molecule has 25 heavy (non-hydrogen) atoms. The summed E-state index contributed by atoms with van der Waals surface area (Å²) in [6.07, 6.45) is 5.76. The Bertz CT molecular complexity index is 1030. The molecule has 1 heterocycles. The van der Waals surface area contributed by atoms with E-state index in [9.17, 15) is 0 Å². The summed E-state index contributed by atoms with van der Waals surface area (Å²) >= 11 is 0. The molecular weight excluding hydrogens is 304 g/mol. The first kappa shape index (κ1) is 14.6. The minimum absolute atomic E-state index is 0.340. The lowest BCUT2D eigenvalue weighted by atomic mass is 9.92. The van der Waals surface area contributed by atoms with Crippen LogP contribution in [0.4, 0.5) is 5.69 Å². The van der Waals surface area contributed by atoms with Gasteiger partial charge in [-0.1, -0.05) is 48.5 Å². The summed E-state index contributed by atoms with van der Waals surface area (Å²) in [6, 6.07) is 17.7. The zero-order valence-corrected chi connectivity index (χ0v) is 15.0. The lowest BCUT2D eigenvalue weighted by Crippen LogP contribution is -2.34. The molecule has 2 heteroatoms. The van der Waals surface area contributed by atoms with Gasteiger partial charge >= 0.3 is 0 Å². The van der Waals surface area contributed by atoms with Crippen molar-refractivity contribution < 1.29 is 0 Å². The molecule has 0 bridgehead atoms. The summed E-state index contributed by atoms with van der Waals surface area (Å²) in [5.74, 6) is 0. The highest BCUT2D eigenvalue weighted by atomic mass is 15.4. The van der Waals surface area contributed by atoms with Gasteiger partial charge in [0.25, 0.3) is 0 Å². The Balaban J connectivity index is 1.88. The van der Waals surface area contributed by atoms with Crippen molar-refractivity contribution in [2.75, 3.05) is 11.9 Å². The Morgan fingerprint density at radius 1 is 0.920 bits per heavy atom. The van der Waals surface area contributed by atoms with Crippen LogP contribution in [0.25, 0.3) is 21.9 Å². The third kappa shape index (κ3) is 1.91. The van der Waals surface area contributed by atoms with Crippen molar-refractivity contribution in [3.63, 3.8) is 0 Å². The molecule has 3 aromatic carbocycles. The maximum Gasteiger partial charge on any atom is 0.102 e. The highest BCUT2D eigenvalue weighted by Gasteiger charge is 2.30. The molecule has 0 aromatic heterocycles. The molecule has 5 rings (SSSR count). The first-order valence-corrected chi connectivity index (χ1v) is 8.98. The lowest BCUT2D eigenvalue weighted by Gasteiger charge is -2.31. The van der Waals surface area contributed by atoms with Gasteiger partial charge in [0.05, 0.1) is 5.69 Å². The van der Waals surface area contributed by atoms with E-state index >= 15 is 0 Å². The van der Waals surface area contributed by atoms with E-state index in [2.05, 4.69) is 91.6 Å². The molecule has 0 N–H and O–H groups in total. The Hall–Kier alpha value is -2.74. The molecule has 0 spiro atoms. The minimum atomic E-state index is 0.340. The van der Waals surface area contributed by atoms with Gasteiger partial charge in [-0.2, -0.15) is 0 Å². The standard InChI is InChI=1S/C23H22N2/c1-15-18-9-6-7-11-20(18)22-19-10-5-4-8-17(19)14-21(22)23(15)25-13-12-24(3)16(25)2/h4-13,16H,14H2,1-3H3/t16-/m0/s1. The minimum Gasteiger partial charge on any atom is -0.359 e. The first-order valence-electron chi connectivity index (χ1n) is 8.98. The van der Waals surface area contributed by atoms with Crippen LogP contribution in [0.2, 0.25) is 0 Å². The van der Waals surface area contributed by atoms with Crippen LogP contribution in [0.3, 0.4) is 0 Å². The van der Waals surface area contributed by atoms with E-state index in [1.165, 1.54) is 44.3 Å². The van der Waals surface area contributed by atoms with E-state index in [1.807, 2.05) is 0 Å². The van der Waals surface area contributed by atoms with E-state index in [-0.39, 0.29) is 0 Å². The number of benzene rings is 3. The molecule has 124 valence electrons. The second-order valence-electron chi connectivity index (χ2n) is 7.21. The van der Waals surface area contributed by atoms with Gasteiger partial charge in [-0.25, -0.2) is 0 Å². The van der Waals surface area contributed by atoms with Gasteiger partial charge in [-0.05, 0) is 52.4 Å². The van der Waals surface area contributed by atoms with E-state index < -0.39 is 0 Å². The average Bonchev–Trinajstić information content (AvgIpc) is 3.17. The molecule has 3 aromatic rings. The number of fused-ring (bicyclic) bond motifs is 5. The van der Waals surface area contributed by atoms with Crippen molar-refractivity contribution in [3.8, 4) is 11.1 Å². The fraction of sp³-hybridized carbons (Fsp3) is 0.217. The highest BCUT2D eigenvalue weighted by Crippen LogP contribution is 2.48. The monoisotopic (exact) mass is 326 g/mol. The van der Waals surface area contributed by atoms with Crippen molar-refractivity contribution in [2.24, 2.45) is 0 Å². The van der Waals surface area contributed by atoms with E-state index in [0.29, 0.717) is 6.17 Å². The summed E-state index contributed by atoms with van der Waals surface area (Å²) < 4.78 is 0. The molecule has 0 amide bonds. The molecule has 1 aliphatic carbocycles. The summed E-state index contributed by atoms with van der Waals surface area (Å²) in [4.78, 5) is 4.70. The SMILES string of the molecule is Cc1c(N2C=CN(C)[C@@H]2C)c2c(c3ccccc13)-c1ccccc1C2. The van der Waals surface area contributed by atoms with Gasteiger partial charge in [0.15, 0.2) is 0 Å². The average molecular weight is 326 g/mol. The van der Waals surface area contributed by atoms with E-state index in [1.54, 1.807) is 0 Å². The van der Waals surface area contributed by atoms with Crippen molar-refractivity contribution >= 4 is 16.5 Å². The summed E-state index contributed by atoms with van der Waals surface area (Å²) in [6.45, 7) is 4.54. The van der Waals surface area contributed by atoms with Crippen molar-refractivity contribution in [1.29, 1.82) is 0 Å². The molecule has 0 saturated carbocycles. The van der Waals surface area contributed by atoms with Crippen LogP contribution in [-0.4, -0.2) is 18.1 Å². The Morgan fingerprint density at radius 3 is 2.40 bits per heavy atom. The van der Waals surface area contributed by atoms with Gasteiger partial charge in [0.1, 0.15) is 6.17 Å². The maximum atomic E-state index is 2.44. The highest BCUT2D eigenvalue weighted by molar-refractivity contribution is 6.06.